The largest absolute Gasteiger partial charge is 0.473 e. The summed E-state index contributed by atoms with van der Waals surface area (Å²) in [7, 11) is 0. The van der Waals surface area contributed by atoms with Crippen molar-refractivity contribution in [2.24, 2.45) is 4.99 Å². The van der Waals surface area contributed by atoms with E-state index in [1.165, 1.54) is 0 Å². The van der Waals surface area contributed by atoms with Gasteiger partial charge in [-0.2, -0.15) is 0 Å². The summed E-state index contributed by atoms with van der Waals surface area (Å²) in [6, 6.07) is 19.8. The Labute approximate surface area is 188 Å². The highest BCUT2D eigenvalue weighted by atomic mass is 127. The van der Waals surface area contributed by atoms with Gasteiger partial charge in [-0.1, -0.05) is 42.5 Å². The number of rotatable bonds is 8. The molecule has 1 aromatic carbocycles. The molecule has 0 aliphatic carbocycles. The number of hydrogen-bond donors (Lipinski definition) is 2. The Hall–Kier alpha value is -2.68. The van der Waals surface area contributed by atoms with Crippen molar-refractivity contribution in [1.29, 1.82) is 0 Å². The first-order valence-electron chi connectivity index (χ1n) is 9.38. The number of benzene rings is 1. The standard InChI is InChI=1S/C22H25N5O.HI/c1-2-23-22(27-16-20-12-6-7-13-24-20)26-15-19-11-8-14-25-21(19)28-17-18-9-4-3-5-10-18;/h3-14H,2,15-17H2,1H3,(H2,23,26,27);1H. The van der Waals surface area contributed by atoms with Crippen LogP contribution in [0.15, 0.2) is 78.0 Å². The van der Waals surface area contributed by atoms with Crippen molar-refractivity contribution in [1.82, 2.24) is 20.6 Å². The molecule has 0 spiro atoms. The van der Waals surface area contributed by atoms with Crippen LogP contribution in [0.4, 0.5) is 0 Å². The summed E-state index contributed by atoms with van der Waals surface area (Å²) < 4.78 is 5.91. The second-order valence-electron chi connectivity index (χ2n) is 6.11. The molecular weight excluding hydrogens is 477 g/mol. The normalized spacial score (nSPS) is 10.7. The lowest BCUT2D eigenvalue weighted by atomic mass is 10.2. The van der Waals surface area contributed by atoms with E-state index in [0.29, 0.717) is 25.6 Å². The highest BCUT2D eigenvalue weighted by Crippen LogP contribution is 2.17. The molecule has 29 heavy (non-hydrogen) atoms. The van der Waals surface area contributed by atoms with E-state index in [0.717, 1.165) is 29.3 Å². The van der Waals surface area contributed by atoms with Crippen LogP contribution in [0, 0.1) is 0 Å². The van der Waals surface area contributed by atoms with E-state index in [9.17, 15) is 0 Å². The summed E-state index contributed by atoms with van der Waals surface area (Å²) in [6.45, 7) is 4.37. The summed E-state index contributed by atoms with van der Waals surface area (Å²) in [6.07, 6.45) is 3.52. The van der Waals surface area contributed by atoms with E-state index in [4.69, 9.17) is 4.74 Å². The first kappa shape index (κ1) is 22.6. The Bertz CT molecular complexity index is 875. The predicted octanol–water partition coefficient (Wildman–Crippen LogP) is 3.93. The van der Waals surface area contributed by atoms with Gasteiger partial charge in [0.2, 0.25) is 5.88 Å². The van der Waals surface area contributed by atoms with Crippen LogP contribution in [-0.4, -0.2) is 22.5 Å². The topological polar surface area (TPSA) is 71.4 Å². The number of pyridine rings is 2. The average Bonchev–Trinajstić information content (AvgIpc) is 2.76. The second-order valence-corrected chi connectivity index (χ2v) is 6.11. The molecule has 0 amide bonds. The Kier molecular flexibility index (Phi) is 9.91. The maximum Gasteiger partial charge on any atom is 0.218 e. The first-order chi connectivity index (χ1) is 13.8. The molecule has 0 radical (unpaired) electrons. The van der Waals surface area contributed by atoms with Gasteiger partial charge in [0.1, 0.15) is 6.61 Å². The van der Waals surface area contributed by atoms with Gasteiger partial charge in [-0.15, -0.1) is 24.0 Å². The lowest BCUT2D eigenvalue weighted by molar-refractivity contribution is 0.290. The fourth-order valence-electron chi connectivity index (χ4n) is 2.58. The quantitative estimate of drug-likeness (QED) is 0.277. The van der Waals surface area contributed by atoms with Crippen molar-refractivity contribution in [2.75, 3.05) is 6.54 Å². The van der Waals surface area contributed by atoms with Crippen LogP contribution in [0.1, 0.15) is 23.7 Å². The number of nitrogens with one attached hydrogen (secondary N) is 2. The van der Waals surface area contributed by atoms with Gasteiger partial charge in [0.05, 0.1) is 18.8 Å². The van der Waals surface area contributed by atoms with Crippen molar-refractivity contribution in [3.63, 3.8) is 0 Å². The summed E-state index contributed by atoms with van der Waals surface area (Å²) in [5, 5.41) is 6.55. The first-order valence-corrected chi connectivity index (χ1v) is 9.38. The number of ether oxygens (including phenoxy) is 1. The van der Waals surface area contributed by atoms with E-state index in [1.54, 1.807) is 12.4 Å². The molecule has 0 saturated carbocycles. The van der Waals surface area contributed by atoms with Gasteiger partial charge < -0.3 is 15.4 Å². The van der Waals surface area contributed by atoms with Crippen LogP contribution < -0.4 is 15.4 Å². The van der Waals surface area contributed by atoms with Gasteiger partial charge in [0, 0.05) is 24.5 Å². The third kappa shape index (κ3) is 7.69. The van der Waals surface area contributed by atoms with Crippen LogP contribution in [0.3, 0.4) is 0 Å². The molecule has 7 heteroatoms. The number of aliphatic imine (C=N–C) groups is 1. The maximum absolute atomic E-state index is 5.91. The lowest BCUT2D eigenvalue weighted by Gasteiger charge is -2.12. The molecule has 0 bridgehead atoms. The van der Waals surface area contributed by atoms with E-state index in [-0.39, 0.29) is 24.0 Å². The van der Waals surface area contributed by atoms with Crippen molar-refractivity contribution in [2.45, 2.75) is 26.6 Å². The average molecular weight is 503 g/mol. The molecule has 152 valence electrons. The minimum Gasteiger partial charge on any atom is -0.473 e. The second kappa shape index (κ2) is 12.7. The van der Waals surface area contributed by atoms with Gasteiger partial charge >= 0.3 is 0 Å². The highest BCUT2D eigenvalue weighted by Gasteiger charge is 2.06. The molecule has 0 saturated heterocycles. The Morgan fingerprint density at radius 3 is 2.48 bits per heavy atom. The number of nitrogens with zero attached hydrogens (tertiary/aromatic N) is 3. The predicted molar refractivity (Wildman–Crippen MR) is 126 cm³/mol. The zero-order valence-corrected chi connectivity index (χ0v) is 18.7. The monoisotopic (exact) mass is 503 g/mol. The highest BCUT2D eigenvalue weighted by molar-refractivity contribution is 14.0. The van der Waals surface area contributed by atoms with Crippen LogP contribution in [-0.2, 0) is 19.7 Å². The molecule has 3 aromatic rings. The van der Waals surface area contributed by atoms with Crippen LogP contribution in [0.5, 0.6) is 5.88 Å². The van der Waals surface area contributed by atoms with E-state index in [1.807, 2.05) is 67.6 Å². The summed E-state index contributed by atoms with van der Waals surface area (Å²) in [5.41, 5.74) is 3.00. The molecule has 0 aliphatic heterocycles. The van der Waals surface area contributed by atoms with Crippen molar-refractivity contribution >= 4 is 29.9 Å². The fourth-order valence-corrected chi connectivity index (χ4v) is 2.58. The lowest BCUT2D eigenvalue weighted by Crippen LogP contribution is -2.37. The van der Waals surface area contributed by atoms with Crippen LogP contribution in [0.2, 0.25) is 0 Å². The van der Waals surface area contributed by atoms with Crippen molar-refractivity contribution in [3.8, 4) is 5.88 Å². The van der Waals surface area contributed by atoms with Crippen molar-refractivity contribution in [3.05, 3.63) is 89.9 Å². The summed E-state index contributed by atoms with van der Waals surface area (Å²) in [4.78, 5) is 13.4. The maximum atomic E-state index is 5.91. The third-order valence-electron chi connectivity index (χ3n) is 3.98. The van der Waals surface area contributed by atoms with E-state index >= 15 is 0 Å². The SMILES string of the molecule is CCNC(=NCc1cccnc1OCc1ccccc1)NCc1ccccn1.I. The van der Waals surface area contributed by atoms with E-state index in [2.05, 4.69) is 25.6 Å². The van der Waals surface area contributed by atoms with Crippen molar-refractivity contribution < 1.29 is 4.74 Å². The summed E-state index contributed by atoms with van der Waals surface area (Å²) in [5.74, 6) is 1.33. The van der Waals surface area contributed by atoms with Gasteiger partial charge in [-0.05, 0) is 30.7 Å². The molecule has 0 aliphatic rings. The zero-order valence-electron chi connectivity index (χ0n) is 16.4. The molecule has 0 atom stereocenters. The molecule has 2 heterocycles. The van der Waals surface area contributed by atoms with Crippen LogP contribution >= 0.6 is 24.0 Å². The van der Waals surface area contributed by atoms with Gasteiger partial charge in [0.15, 0.2) is 5.96 Å². The van der Waals surface area contributed by atoms with E-state index < -0.39 is 0 Å². The minimum absolute atomic E-state index is 0. The molecule has 6 nitrogen and oxygen atoms in total. The Morgan fingerprint density at radius 2 is 1.72 bits per heavy atom. The van der Waals surface area contributed by atoms with Gasteiger partial charge in [-0.25, -0.2) is 9.98 Å². The smallest absolute Gasteiger partial charge is 0.218 e. The molecular formula is C22H26IN5O. The zero-order chi connectivity index (χ0) is 19.4. The Balaban J connectivity index is 0.00000300. The Morgan fingerprint density at radius 1 is 0.931 bits per heavy atom. The molecule has 0 fully saturated rings. The summed E-state index contributed by atoms with van der Waals surface area (Å²) >= 11 is 0. The minimum atomic E-state index is 0. The number of hydrogen-bond acceptors (Lipinski definition) is 4. The van der Waals surface area contributed by atoms with Gasteiger partial charge in [-0.3, -0.25) is 4.98 Å². The number of halogens is 1. The molecule has 2 aromatic heterocycles. The number of aromatic nitrogens is 2. The fraction of sp³-hybridized carbons (Fsp3) is 0.227. The van der Waals surface area contributed by atoms with Gasteiger partial charge in [0.25, 0.3) is 0 Å². The molecule has 0 unspecified atom stereocenters. The number of guanidine groups is 1. The molecule has 2 N–H and O–H groups in total. The third-order valence-corrected chi connectivity index (χ3v) is 3.98. The van der Waals surface area contributed by atoms with Crippen LogP contribution in [0.25, 0.3) is 0 Å². The molecule has 3 rings (SSSR count).